The molecular formula is C96H179O25P. The molecular weight excluding hydrogens is 1580 g/mol. The van der Waals surface area contributed by atoms with Gasteiger partial charge in [-0.1, -0.05) is 374 Å². The molecule has 1 saturated carbocycles. The monoisotopic (exact) mass is 1760 g/mol. The predicted octanol–water partition coefficient (Wildman–Crippen LogP) is 19.4. The SMILES string of the molecule is CCCCCC/C=C\CCCCCCCCCC(=O)OC1C(O)C(O)C(OC2OC(CO)C(O)C(O)C2O)C(OP(=O)(O)OCC(COC(=O)CCCCCCCCCCCCCCCCCC)OC(=O)CCCCCCCCC(C)CCCCCCCC)C1OC1OC(COC(=O)CCCCCCCCCCCCCCCCCC)C(O)C(O)C1O. The number of phosphoric ester groups is 1. The number of ether oxygens (including phenoxy) is 8. The molecule has 2 heterocycles. The largest absolute Gasteiger partial charge is 0.472 e. The van der Waals surface area contributed by atoms with Gasteiger partial charge in [0.1, 0.15) is 92.6 Å². The number of rotatable bonds is 81. The lowest BCUT2D eigenvalue weighted by Gasteiger charge is -2.50. The van der Waals surface area contributed by atoms with Crippen molar-refractivity contribution in [1.82, 2.24) is 0 Å². The molecule has 0 radical (unpaired) electrons. The number of hydrogen-bond acceptors (Lipinski definition) is 24. The Morgan fingerprint density at radius 1 is 0.344 bits per heavy atom. The van der Waals surface area contributed by atoms with Crippen LogP contribution in [0.4, 0.5) is 0 Å². The summed E-state index contributed by atoms with van der Waals surface area (Å²) in [6, 6.07) is 0. The smallest absolute Gasteiger partial charge is 0.463 e. The normalized spacial score (nSPS) is 24.8. The van der Waals surface area contributed by atoms with E-state index in [1.165, 1.54) is 205 Å². The second kappa shape index (κ2) is 73.9. The number of carbonyl (C=O) groups excluding carboxylic acids is 4. The van der Waals surface area contributed by atoms with Gasteiger partial charge in [-0.2, -0.15) is 0 Å². The summed E-state index contributed by atoms with van der Waals surface area (Å²) in [6.45, 7) is 7.97. The van der Waals surface area contributed by atoms with E-state index in [0.717, 1.165) is 141 Å². The first-order valence-electron chi connectivity index (χ1n) is 49.8. The van der Waals surface area contributed by atoms with Crippen molar-refractivity contribution in [2.75, 3.05) is 26.4 Å². The minimum atomic E-state index is -5.81. The van der Waals surface area contributed by atoms with Gasteiger partial charge in [0.05, 0.1) is 13.2 Å². The summed E-state index contributed by atoms with van der Waals surface area (Å²) < 4.78 is 73.7. The van der Waals surface area contributed by atoms with Crippen LogP contribution in [0.15, 0.2) is 12.2 Å². The second-order valence-electron chi connectivity index (χ2n) is 35.9. The predicted molar refractivity (Wildman–Crippen MR) is 476 cm³/mol. The average molecular weight is 1760 g/mol. The van der Waals surface area contributed by atoms with E-state index in [9.17, 15) is 74.6 Å². The van der Waals surface area contributed by atoms with Gasteiger partial charge >= 0.3 is 31.7 Å². The third-order valence-corrected chi connectivity index (χ3v) is 25.7. The molecule has 3 fully saturated rings. The summed E-state index contributed by atoms with van der Waals surface area (Å²) in [5.41, 5.74) is 0. The molecule has 122 heavy (non-hydrogen) atoms. The standard InChI is InChI=1S/C96H179O25P/c1-6-10-14-18-22-25-28-31-34-37-39-42-45-48-55-61-67-79(98)112-72-76(115-81(100)69-63-58-52-51-54-60-66-75(5)65-59-53-21-17-13-9-4)73-114-122(110,111)121-94-92(119-95-89(108)85(104)83(102)77(71-97)116-95)88(107)87(106)91(118-82(101)70-64-57-50-47-44-41-36-33-30-27-24-20-16-12-8-3)93(94)120-96-90(109)86(105)84(103)78(117-96)74-113-80(99)68-62-56-49-46-43-40-38-35-32-29-26-23-19-15-11-7-2/h27,30,75-78,83-97,102-109H,6-26,28-29,31-74H2,1-5H3,(H,110,111)/b30-27-. The third-order valence-electron chi connectivity index (χ3n) is 24.7. The Balaban J connectivity index is 1.90. The van der Waals surface area contributed by atoms with Gasteiger partial charge in [0, 0.05) is 25.7 Å². The van der Waals surface area contributed by atoms with Crippen LogP contribution in [0.2, 0.25) is 0 Å². The molecule has 0 spiro atoms. The lowest BCUT2D eigenvalue weighted by atomic mass is 9.84. The quantitative estimate of drug-likeness (QED) is 0.00889. The first-order valence-corrected chi connectivity index (χ1v) is 51.3. The van der Waals surface area contributed by atoms with Crippen molar-refractivity contribution in [3.63, 3.8) is 0 Å². The van der Waals surface area contributed by atoms with Crippen LogP contribution < -0.4 is 0 Å². The van der Waals surface area contributed by atoms with Crippen LogP contribution in [0.5, 0.6) is 0 Å². The highest BCUT2D eigenvalue weighted by molar-refractivity contribution is 7.47. The van der Waals surface area contributed by atoms with Crippen molar-refractivity contribution < 1.29 is 122 Å². The summed E-state index contributed by atoms with van der Waals surface area (Å²) in [4.78, 5) is 66.7. The van der Waals surface area contributed by atoms with E-state index in [-0.39, 0.29) is 25.7 Å². The number of aliphatic hydroxyl groups excluding tert-OH is 9. The minimum absolute atomic E-state index is 0.0182. The van der Waals surface area contributed by atoms with Gasteiger partial charge < -0.3 is 88.7 Å². The van der Waals surface area contributed by atoms with Gasteiger partial charge in [0.25, 0.3) is 0 Å². The maximum atomic E-state index is 14.9. The van der Waals surface area contributed by atoms with E-state index in [1.807, 2.05) is 0 Å². The van der Waals surface area contributed by atoms with Crippen LogP contribution in [-0.2, 0) is 70.7 Å². The van der Waals surface area contributed by atoms with Crippen molar-refractivity contribution in [1.29, 1.82) is 0 Å². The lowest BCUT2D eigenvalue weighted by molar-refractivity contribution is -0.360. The Labute approximate surface area is 737 Å². The highest BCUT2D eigenvalue weighted by atomic mass is 31.2. The van der Waals surface area contributed by atoms with E-state index in [0.29, 0.717) is 38.0 Å². The van der Waals surface area contributed by atoms with Crippen LogP contribution in [-0.4, -0.2) is 205 Å². The average Bonchev–Trinajstić information content (AvgIpc) is 0.753. The van der Waals surface area contributed by atoms with Crippen LogP contribution in [0.25, 0.3) is 0 Å². The summed E-state index contributed by atoms with van der Waals surface area (Å²) >= 11 is 0. The Kier molecular flexibility index (Phi) is 68.7. The second-order valence-corrected chi connectivity index (χ2v) is 37.3. The number of carbonyl (C=O) groups is 4. The molecule has 0 amide bonds. The van der Waals surface area contributed by atoms with Crippen LogP contribution in [0.3, 0.4) is 0 Å². The highest BCUT2D eigenvalue weighted by Gasteiger charge is 2.60. The zero-order chi connectivity index (χ0) is 89.1. The fourth-order valence-corrected chi connectivity index (χ4v) is 17.6. The van der Waals surface area contributed by atoms with Gasteiger partial charge in [-0.15, -0.1) is 0 Å². The van der Waals surface area contributed by atoms with Crippen molar-refractivity contribution in [2.24, 2.45) is 5.92 Å². The Morgan fingerprint density at radius 3 is 1.07 bits per heavy atom. The van der Waals surface area contributed by atoms with Crippen molar-refractivity contribution in [2.45, 2.75) is 543 Å². The molecule has 718 valence electrons. The van der Waals surface area contributed by atoms with Gasteiger partial charge in [-0.25, -0.2) is 4.57 Å². The van der Waals surface area contributed by atoms with E-state index in [1.54, 1.807) is 0 Å². The molecule has 0 aromatic rings. The first kappa shape index (κ1) is 113. The molecule has 2 aliphatic heterocycles. The molecule has 19 atom stereocenters. The molecule has 0 aromatic heterocycles. The Hall–Kier alpha value is -2.79. The molecule has 1 aliphatic carbocycles. The Bertz CT molecular complexity index is 2590. The molecule has 0 bridgehead atoms. The lowest BCUT2D eigenvalue weighted by Crippen LogP contribution is -2.70. The molecule has 10 N–H and O–H groups in total. The molecule has 19 unspecified atom stereocenters. The summed E-state index contributed by atoms with van der Waals surface area (Å²) in [7, 11) is -5.81. The summed E-state index contributed by atoms with van der Waals surface area (Å²) in [5.74, 6) is -2.28. The Morgan fingerprint density at radius 2 is 0.664 bits per heavy atom. The topological polar surface area (TPSA) is 380 Å². The van der Waals surface area contributed by atoms with Gasteiger partial charge in [0.2, 0.25) is 0 Å². The van der Waals surface area contributed by atoms with Gasteiger partial charge in [-0.3, -0.25) is 28.2 Å². The number of unbranched alkanes of at least 4 members (excludes halogenated alkanes) is 51. The molecule has 3 rings (SSSR count). The highest BCUT2D eigenvalue weighted by Crippen LogP contribution is 2.49. The third kappa shape index (κ3) is 53.4. The van der Waals surface area contributed by atoms with E-state index in [2.05, 4.69) is 46.8 Å². The van der Waals surface area contributed by atoms with Crippen LogP contribution in [0, 0.1) is 5.92 Å². The van der Waals surface area contributed by atoms with Crippen molar-refractivity contribution >= 4 is 31.7 Å². The summed E-state index contributed by atoms with van der Waals surface area (Å²) in [5, 5.41) is 103. The number of allylic oxidation sites excluding steroid dienone is 2. The minimum Gasteiger partial charge on any atom is -0.463 e. The molecule has 0 aromatic carbocycles. The van der Waals surface area contributed by atoms with E-state index in [4.69, 9.17) is 46.9 Å². The zero-order valence-corrected chi connectivity index (χ0v) is 77.9. The fraction of sp³-hybridized carbons (Fsp3) is 0.938. The van der Waals surface area contributed by atoms with E-state index < -0.39 is 162 Å². The van der Waals surface area contributed by atoms with Gasteiger partial charge in [0.15, 0.2) is 24.8 Å². The summed E-state index contributed by atoms with van der Waals surface area (Å²) in [6.07, 6.45) is 33.2. The number of esters is 4. The van der Waals surface area contributed by atoms with E-state index >= 15 is 0 Å². The first-order chi connectivity index (χ1) is 59.1. The molecule has 26 heteroatoms. The maximum Gasteiger partial charge on any atom is 0.472 e. The fourth-order valence-electron chi connectivity index (χ4n) is 16.7. The van der Waals surface area contributed by atoms with Crippen molar-refractivity contribution in [3.05, 3.63) is 12.2 Å². The number of phosphoric acid groups is 1. The zero-order valence-electron chi connectivity index (χ0n) is 77.0. The van der Waals surface area contributed by atoms with Crippen molar-refractivity contribution in [3.8, 4) is 0 Å². The molecule has 2 saturated heterocycles. The van der Waals surface area contributed by atoms with Crippen LogP contribution in [0.1, 0.15) is 439 Å². The van der Waals surface area contributed by atoms with Crippen LogP contribution >= 0.6 is 7.82 Å². The molecule has 25 nitrogen and oxygen atoms in total. The molecule has 3 aliphatic rings. The number of aliphatic hydroxyl groups is 9. The van der Waals surface area contributed by atoms with Gasteiger partial charge in [-0.05, 0) is 57.3 Å². The maximum absolute atomic E-state index is 14.9. The number of hydrogen-bond donors (Lipinski definition) is 10.